The molecule has 106 valence electrons. The molecule has 6 nitrogen and oxygen atoms in total. The van der Waals surface area contributed by atoms with Crippen LogP contribution in [0.15, 0.2) is 5.16 Å². The number of amides is 1. The Bertz CT molecular complexity index is 441. The van der Waals surface area contributed by atoms with Gasteiger partial charge >= 0.3 is 0 Å². The predicted molar refractivity (Wildman–Crippen MR) is 75.4 cm³/mol. The van der Waals surface area contributed by atoms with Gasteiger partial charge in [0.05, 0.1) is 5.25 Å². The number of carbonyl (C=O) groups is 1. The first kappa shape index (κ1) is 14.2. The van der Waals surface area contributed by atoms with Gasteiger partial charge < -0.3 is 11.2 Å². The Balaban J connectivity index is 2.07. The molecule has 1 unspecified atom stereocenters. The number of hydrogen-bond donors (Lipinski definition) is 2. The molecule has 0 bridgehead atoms. The van der Waals surface area contributed by atoms with E-state index in [1.807, 2.05) is 6.92 Å². The Hall–Kier alpha value is -1.24. The Morgan fingerprint density at radius 3 is 2.74 bits per heavy atom. The molecule has 0 saturated heterocycles. The second-order valence-corrected chi connectivity index (χ2v) is 6.23. The number of nitrogens with one attached hydrogen (secondary N) is 1. The first-order chi connectivity index (χ1) is 9.13. The van der Waals surface area contributed by atoms with Gasteiger partial charge in [-0.2, -0.15) is 0 Å². The molecular formula is C12H21N5OS. The lowest BCUT2D eigenvalue weighted by Gasteiger charge is -2.20. The molecule has 0 aliphatic heterocycles. The van der Waals surface area contributed by atoms with Crippen LogP contribution in [0.3, 0.4) is 0 Å². The molecule has 1 amide bonds. The molecule has 1 atom stereocenters. The Morgan fingerprint density at radius 2 is 2.11 bits per heavy atom. The highest BCUT2D eigenvalue weighted by Crippen LogP contribution is 2.32. The van der Waals surface area contributed by atoms with Crippen LogP contribution in [0.25, 0.3) is 0 Å². The van der Waals surface area contributed by atoms with Gasteiger partial charge in [-0.25, -0.2) is 4.68 Å². The van der Waals surface area contributed by atoms with Crippen LogP contribution in [0.1, 0.15) is 50.8 Å². The van der Waals surface area contributed by atoms with Gasteiger partial charge in [-0.1, -0.05) is 31.0 Å². The van der Waals surface area contributed by atoms with Gasteiger partial charge in [0.1, 0.15) is 0 Å². The van der Waals surface area contributed by atoms with Gasteiger partial charge in [0.25, 0.3) is 0 Å². The number of carbonyl (C=O) groups excluding carboxylic acids is 1. The molecule has 0 aromatic carbocycles. The second-order valence-electron chi connectivity index (χ2n) is 4.92. The summed E-state index contributed by atoms with van der Waals surface area (Å²) >= 11 is 1.34. The SMILES string of the molecule is CNC(=O)C(C)Sc1nnc(C2CCCCC2)n1N. The van der Waals surface area contributed by atoms with Gasteiger partial charge in [0.15, 0.2) is 5.82 Å². The maximum atomic E-state index is 11.5. The first-order valence-electron chi connectivity index (χ1n) is 6.72. The molecule has 7 heteroatoms. The van der Waals surface area contributed by atoms with Crippen molar-refractivity contribution >= 4 is 17.7 Å². The maximum Gasteiger partial charge on any atom is 0.233 e. The second kappa shape index (κ2) is 6.27. The van der Waals surface area contributed by atoms with Gasteiger partial charge in [-0.05, 0) is 19.8 Å². The van der Waals surface area contributed by atoms with Crippen LogP contribution in [-0.2, 0) is 4.79 Å². The van der Waals surface area contributed by atoms with Crippen LogP contribution < -0.4 is 11.2 Å². The van der Waals surface area contributed by atoms with E-state index in [2.05, 4.69) is 15.5 Å². The van der Waals surface area contributed by atoms with E-state index in [0.717, 1.165) is 18.7 Å². The number of aromatic nitrogens is 3. The molecule has 1 fully saturated rings. The molecule has 1 heterocycles. The van der Waals surface area contributed by atoms with E-state index in [9.17, 15) is 4.79 Å². The Morgan fingerprint density at radius 1 is 1.42 bits per heavy atom. The summed E-state index contributed by atoms with van der Waals surface area (Å²) < 4.78 is 1.56. The van der Waals surface area contributed by atoms with E-state index in [4.69, 9.17) is 5.84 Å². The van der Waals surface area contributed by atoms with Crippen LogP contribution in [0.2, 0.25) is 0 Å². The predicted octanol–water partition coefficient (Wildman–Crippen LogP) is 1.27. The van der Waals surface area contributed by atoms with Crippen molar-refractivity contribution in [2.45, 2.75) is 55.4 Å². The summed E-state index contributed by atoms with van der Waals surface area (Å²) in [6.45, 7) is 1.83. The van der Waals surface area contributed by atoms with Crippen molar-refractivity contribution < 1.29 is 4.79 Å². The van der Waals surface area contributed by atoms with E-state index in [1.165, 1.54) is 31.0 Å². The van der Waals surface area contributed by atoms with Gasteiger partial charge in [0.2, 0.25) is 11.1 Å². The lowest BCUT2D eigenvalue weighted by atomic mass is 9.89. The number of nitrogen functional groups attached to an aromatic ring is 1. The van der Waals surface area contributed by atoms with Crippen molar-refractivity contribution in [3.05, 3.63) is 5.82 Å². The quantitative estimate of drug-likeness (QED) is 0.642. The van der Waals surface area contributed by atoms with Crippen LogP contribution in [0.4, 0.5) is 0 Å². The monoisotopic (exact) mass is 283 g/mol. The molecule has 2 rings (SSSR count). The lowest BCUT2D eigenvalue weighted by molar-refractivity contribution is -0.119. The van der Waals surface area contributed by atoms with Crippen molar-refractivity contribution in [1.82, 2.24) is 20.2 Å². The minimum atomic E-state index is -0.226. The molecule has 1 aromatic rings. The average Bonchev–Trinajstić information content (AvgIpc) is 2.80. The third kappa shape index (κ3) is 3.20. The summed E-state index contributed by atoms with van der Waals surface area (Å²) in [4.78, 5) is 11.5. The summed E-state index contributed by atoms with van der Waals surface area (Å²) in [5, 5.41) is 11.3. The van der Waals surface area contributed by atoms with Crippen molar-refractivity contribution in [1.29, 1.82) is 0 Å². The Kier molecular flexibility index (Phi) is 4.68. The molecule has 0 spiro atoms. The molecule has 3 N–H and O–H groups in total. The molecule has 1 aliphatic rings. The fourth-order valence-electron chi connectivity index (χ4n) is 2.42. The zero-order valence-electron chi connectivity index (χ0n) is 11.4. The zero-order valence-corrected chi connectivity index (χ0v) is 12.2. The Labute approximate surface area is 117 Å². The third-order valence-corrected chi connectivity index (χ3v) is 4.62. The molecular weight excluding hydrogens is 262 g/mol. The lowest BCUT2D eigenvalue weighted by Crippen LogP contribution is -2.28. The van der Waals surface area contributed by atoms with Crippen LogP contribution >= 0.6 is 11.8 Å². The number of nitrogens with two attached hydrogens (primary N) is 1. The van der Waals surface area contributed by atoms with E-state index < -0.39 is 0 Å². The van der Waals surface area contributed by atoms with E-state index >= 15 is 0 Å². The van der Waals surface area contributed by atoms with E-state index in [-0.39, 0.29) is 11.2 Å². The minimum absolute atomic E-state index is 0.0350. The molecule has 1 saturated carbocycles. The molecule has 1 aromatic heterocycles. The number of hydrogen-bond acceptors (Lipinski definition) is 5. The van der Waals surface area contributed by atoms with E-state index in [0.29, 0.717) is 11.1 Å². The fraction of sp³-hybridized carbons (Fsp3) is 0.750. The smallest absolute Gasteiger partial charge is 0.233 e. The summed E-state index contributed by atoms with van der Waals surface area (Å²) in [5.41, 5.74) is 0. The molecule has 19 heavy (non-hydrogen) atoms. The normalized spacial score (nSPS) is 18.2. The fourth-order valence-corrected chi connectivity index (χ4v) is 3.26. The first-order valence-corrected chi connectivity index (χ1v) is 7.60. The highest BCUT2D eigenvalue weighted by Gasteiger charge is 2.24. The minimum Gasteiger partial charge on any atom is -0.358 e. The molecule has 1 aliphatic carbocycles. The maximum absolute atomic E-state index is 11.5. The zero-order chi connectivity index (χ0) is 13.8. The molecule has 0 radical (unpaired) electrons. The van der Waals surface area contributed by atoms with Crippen LogP contribution in [0, 0.1) is 0 Å². The highest BCUT2D eigenvalue weighted by molar-refractivity contribution is 8.00. The van der Waals surface area contributed by atoms with Gasteiger partial charge in [-0.15, -0.1) is 10.2 Å². The number of thioether (sulfide) groups is 1. The number of rotatable bonds is 4. The standard InChI is InChI=1S/C12H21N5OS/c1-8(11(18)14-2)19-12-16-15-10(17(12)13)9-6-4-3-5-7-9/h8-9H,3-7,13H2,1-2H3,(H,14,18). The van der Waals surface area contributed by atoms with E-state index in [1.54, 1.807) is 11.7 Å². The summed E-state index contributed by atoms with van der Waals surface area (Å²) in [6.07, 6.45) is 6.02. The van der Waals surface area contributed by atoms with Crippen molar-refractivity contribution in [3.8, 4) is 0 Å². The summed E-state index contributed by atoms with van der Waals surface area (Å²) in [6, 6.07) is 0. The van der Waals surface area contributed by atoms with Crippen molar-refractivity contribution in [3.63, 3.8) is 0 Å². The van der Waals surface area contributed by atoms with Crippen molar-refractivity contribution in [2.24, 2.45) is 0 Å². The van der Waals surface area contributed by atoms with Crippen LogP contribution in [0.5, 0.6) is 0 Å². The third-order valence-electron chi connectivity index (χ3n) is 3.56. The average molecular weight is 283 g/mol. The largest absolute Gasteiger partial charge is 0.358 e. The topological polar surface area (TPSA) is 85.8 Å². The van der Waals surface area contributed by atoms with Gasteiger partial charge in [0, 0.05) is 13.0 Å². The summed E-state index contributed by atoms with van der Waals surface area (Å²) in [5.74, 6) is 7.29. The highest BCUT2D eigenvalue weighted by atomic mass is 32.2. The number of nitrogens with zero attached hydrogens (tertiary/aromatic N) is 3. The van der Waals surface area contributed by atoms with Gasteiger partial charge in [-0.3, -0.25) is 4.79 Å². The summed E-state index contributed by atoms with van der Waals surface area (Å²) in [7, 11) is 1.63. The van der Waals surface area contributed by atoms with Crippen molar-refractivity contribution in [2.75, 3.05) is 12.9 Å². The van der Waals surface area contributed by atoms with Crippen LogP contribution in [-0.4, -0.2) is 33.1 Å².